The molecule has 0 atom stereocenters. The van der Waals surface area contributed by atoms with E-state index in [0.717, 1.165) is 42.4 Å². The third-order valence-electron chi connectivity index (χ3n) is 6.53. The van der Waals surface area contributed by atoms with Crippen molar-refractivity contribution in [2.45, 2.75) is 38.5 Å². The number of carbonyl (C=O) groups is 3. The molecule has 0 saturated carbocycles. The average Bonchev–Trinajstić information content (AvgIpc) is 2.99. The van der Waals surface area contributed by atoms with E-state index in [9.17, 15) is 14.4 Å². The van der Waals surface area contributed by atoms with Crippen LogP contribution in [0, 0.1) is 5.92 Å². The predicted molar refractivity (Wildman–Crippen MR) is 160 cm³/mol. The molecule has 0 aromatic heterocycles. The summed E-state index contributed by atoms with van der Waals surface area (Å²) in [5, 5.41) is 0. The van der Waals surface area contributed by atoms with Gasteiger partial charge in [-0.05, 0) is 97.7 Å². The van der Waals surface area contributed by atoms with Crippen LogP contribution in [0.15, 0.2) is 78.9 Å². The molecule has 0 aliphatic carbocycles. The van der Waals surface area contributed by atoms with Crippen LogP contribution in [-0.4, -0.2) is 38.2 Å². The molecule has 41 heavy (non-hydrogen) atoms. The maximum absolute atomic E-state index is 13.0. The molecule has 3 aromatic carbocycles. The van der Waals surface area contributed by atoms with Crippen LogP contribution in [0.3, 0.4) is 0 Å². The van der Waals surface area contributed by atoms with Crippen LogP contribution in [0.4, 0.5) is 11.4 Å². The lowest BCUT2D eigenvalue weighted by Crippen LogP contribution is -2.23. The van der Waals surface area contributed by atoms with Gasteiger partial charge in [-0.25, -0.2) is 9.59 Å². The Morgan fingerprint density at radius 3 is 1.73 bits per heavy atom. The van der Waals surface area contributed by atoms with E-state index in [1.807, 2.05) is 48.5 Å². The quantitative estimate of drug-likeness (QED) is 0.0834. The zero-order valence-corrected chi connectivity index (χ0v) is 23.4. The summed E-state index contributed by atoms with van der Waals surface area (Å²) in [6, 6.07) is 21.8. The number of esters is 3. The number of hydrogen-bond donors (Lipinski definition) is 2. The van der Waals surface area contributed by atoms with Gasteiger partial charge in [0.1, 0.15) is 0 Å². The molecule has 8 nitrogen and oxygen atoms in total. The van der Waals surface area contributed by atoms with Gasteiger partial charge in [-0.2, -0.15) is 0 Å². The molecular formula is C33H38N2O6. The van der Waals surface area contributed by atoms with Gasteiger partial charge in [-0.3, -0.25) is 4.79 Å². The Hall–Kier alpha value is -4.59. The molecule has 0 amide bonds. The molecule has 0 spiro atoms. The maximum atomic E-state index is 13.0. The lowest BCUT2D eigenvalue weighted by atomic mass is 9.92. The van der Waals surface area contributed by atoms with Gasteiger partial charge in [-0.15, -0.1) is 0 Å². The molecule has 8 heteroatoms. The van der Waals surface area contributed by atoms with Crippen molar-refractivity contribution in [2.24, 2.45) is 5.92 Å². The fourth-order valence-electron chi connectivity index (χ4n) is 4.17. The Morgan fingerprint density at radius 2 is 1.22 bits per heavy atom. The van der Waals surface area contributed by atoms with Gasteiger partial charge in [0, 0.05) is 17.5 Å². The van der Waals surface area contributed by atoms with Crippen LogP contribution in [-0.2, 0) is 36.6 Å². The highest BCUT2D eigenvalue weighted by Gasteiger charge is 2.21. The van der Waals surface area contributed by atoms with Gasteiger partial charge in [-0.1, -0.05) is 36.4 Å². The monoisotopic (exact) mass is 558 g/mol. The van der Waals surface area contributed by atoms with Crippen molar-refractivity contribution < 1.29 is 28.6 Å². The lowest BCUT2D eigenvalue weighted by molar-refractivity contribution is -0.148. The standard InChI is InChI=1S/C33H38N2O6/c1-39-31(36)19-12-24-6-13-27(14-7-24)32(37)40-20-4-2-3-5-21-41-33(38)28(22-25-8-15-29(34)16-9-25)23-26-10-17-30(35)18-11-26/h6-19,28H,2-5,20-23,34-35H2,1H3. The highest BCUT2D eigenvalue weighted by Crippen LogP contribution is 2.19. The molecule has 0 unspecified atom stereocenters. The second-order valence-corrected chi connectivity index (χ2v) is 9.78. The molecule has 0 aliphatic rings. The van der Waals surface area contributed by atoms with Gasteiger partial charge in [0.15, 0.2) is 0 Å². The first-order valence-electron chi connectivity index (χ1n) is 13.7. The number of unbranched alkanes of at least 4 members (excludes halogenated alkanes) is 3. The Morgan fingerprint density at radius 1 is 0.707 bits per heavy atom. The third kappa shape index (κ3) is 11.2. The number of methoxy groups -OCH3 is 1. The fourth-order valence-corrected chi connectivity index (χ4v) is 4.17. The molecule has 3 aromatic rings. The third-order valence-corrected chi connectivity index (χ3v) is 6.53. The number of carbonyl (C=O) groups excluding carboxylic acids is 3. The molecule has 0 fully saturated rings. The first kappa shape index (κ1) is 30.9. The predicted octanol–water partition coefficient (Wildman–Crippen LogP) is 5.40. The molecule has 0 aliphatic heterocycles. The van der Waals surface area contributed by atoms with E-state index < -0.39 is 11.9 Å². The van der Waals surface area contributed by atoms with Gasteiger partial charge in [0.05, 0.1) is 31.8 Å². The number of anilines is 2. The topological polar surface area (TPSA) is 131 Å². The summed E-state index contributed by atoms with van der Waals surface area (Å²) in [5.74, 6) is -1.38. The van der Waals surface area contributed by atoms with E-state index in [0.29, 0.717) is 43.0 Å². The van der Waals surface area contributed by atoms with Crippen LogP contribution in [0.25, 0.3) is 6.08 Å². The smallest absolute Gasteiger partial charge is 0.338 e. The van der Waals surface area contributed by atoms with Crippen molar-refractivity contribution in [3.63, 3.8) is 0 Å². The van der Waals surface area contributed by atoms with E-state index in [-0.39, 0.29) is 11.9 Å². The van der Waals surface area contributed by atoms with Crippen molar-refractivity contribution in [3.05, 3.63) is 101 Å². The van der Waals surface area contributed by atoms with Crippen LogP contribution in [0.1, 0.15) is 52.7 Å². The Labute approximate surface area is 241 Å². The summed E-state index contributed by atoms with van der Waals surface area (Å²) >= 11 is 0. The van der Waals surface area contributed by atoms with Crippen LogP contribution in [0.2, 0.25) is 0 Å². The van der Waals surface area contributed by atoms with Crippen molar-refractivity contribution >= 4 is 35.4 Å². The molecule has 0 heterocycles. The normalized spacial score (nSPS) is 11.0. The van der Waals surface area contributed by atoms with Crippen LogP contribution >= 0.6 is 0 Å². The molecule has 216 valence electrons. The second kappa shape index (κ2) is 16.5. The summed E-state index contributed by atoms with van der Waals surface area (Å²) < 4.78 is 15.6. The minimum Gasteiger partial charge on any atom is -0.466 e. The number of rotatable bonds is 15. The molecule has 0 bridgehead atoms. The zero-order valence-electron chi connectivity index (χ0n) is 23.4. The number of benzene rings is 3. The summed E-state index contributed by atoms with van der Waals surface area (Å²) in [7, 11) is 1.31. The van der Waals surface area contributed by atoms with Crippen molar-refractivity contribution in [1.82, 2.24) is 0 Å². The van der Waals surface area contributed by atoms with E-state index in [2.05, 4.69) is 4.74 Å². The lowest BCUT2D eigenvalue weighted by Gasteiger charge is -2.17. The summed E-state index contributed by atoms with van der Waals surface area (Å²) in [4.78, 5) is 36.4. The Bertz CT molecular complexity index is 1240. The van der Waals surface area contributed by atoms with Crippen LogP contribution < -0.4 is 11.5 Å². The number of hydrogen-bond acceptors (Lipinski definition) is 8. The first-order valence-corrected chi connectivity index (χ1v) is 13.7. The molecule has 0 saturated heterocycles. The van der Waals surface area contributed by atoms with Gasteiger partial charge < -0.3 is 25.7 Å². The second-order valence-electron chi connectivity index (χ2n) is 9.78. The minimum absolute atomic E-state index is 0.223. The summed E-state index contributed by atoms with van der Waals surface area (Å²) in [6.07, 6.45) is 7.19. The summed E-state index contributed by atoms with van der Waals surface area (Å²) in [5.41, 5.74) is 16.2. The average molecular weight is 559 g/mol. The number of nitrogen functional groups attached to an aromatic ring is 2. The Kier molecular flexibility index (Phi) is 12.5. The highest BCUT2D eigenvalue weighted by atomic mass is 16.5. The van der Waals surface area contributed by atoms with E-state index in [1.165, 1.54) is 13.2 Å². The van der Waals surface area contributed by atoms with Crippen molar-refractivity contribution in [1.29, 1.82) is 0 Å². The van der Waals surface area contributed by atoms with Crippen LogP contribution in [0.5, 0.6) is 0 Å². The van der Waals surface area contributed by atoms with Gasteiger partial charge >= 0.3 is 17.9 Å². The first-order chi connectivity index (χ1) is 19.8. The zero-order chi connectivity index (χ0) is 29.5. The molecule has 4 N–H and O–H groups in total. The highest BCUT2D eigenvalue weighted by molar-refractivity contribution is 5.90. The number of ether oxygens (including phenoxy) is 3. The van der Waals surface area contributed by atoms with Gasteiger partial charge in [0.25, 0.3) is 0 Å². The fraction of sp³-hybridized carbons (Fsp3) is 0.303. The Balaban J connectivity index is 1.35. The van der Waals surface area contributed by atoms with Gasteiger partial charge in [0.2, 0.25) is 0 Å². The molecular weight excluding hydrogens is 520 g/mol. The van der Waals surface area contributed by atoms with E-state index in [1.54, 1.807) is 30.3 Å². The molecule has 0 radical (unpaired) electrons. The minimum atomic E-state index is -0.445. The van der Waals surface area contributed by atoms with E-state index in [4.69, 9.17) is 20.9 Å². The maximum Gasteiger partial charge on any atom is 0.338 e. The SMILES string of the molecule is COC(=O)C=Cc1ccc(C(=O)OCCCCCCOC(=O)C(Cc2ccc(N)cc2)Cc2ccc(N)cc2)cc1. The van der Waals surface area contributed by atoms with E-state index >= 15 is 0 Å². The van der Waals surface area contributed by atoms with Crippen molar-refractivity contribution in [3.8, 4) is 0 Å². The number of nitrogens with two attached hydrogens (primary N) is 2. The summed E-state index contributed by atoms with van der Waals surface area (Å²) in [6.45, 7) is 0.656. The largest absolute Gasteiger partial charge is 0.466 e. The molecule has 3 rings (SSSR count). The van der Waals surface area contributed by atoms with Crippen molar-refractivity contribution in [2.75, 3.05) is 31.8 Å².